The molecular formula is C7H9N5O2. The molecule has 1 aromatic rings. The summed E-state index contributed by atoms with van der Waals surface area (Å²) in [6.45, 7) is 0.509. The zero-order chi connectivity index (χ0) is 10.4. The molecule has 1 rings (SSSR count). The van der Waals surface area contributed by atoms with Crippen LogP contribution in [0.4, 0.5) is 5.82 Å². The molecule has 0 fully saturated rings. The Balaban J connectivity index is 2.37. The van der Waals surface area contributed by atoms with Gasteiger partial charge in [0.25, 0.3) is 0 Å². The largest absolute Gasteiger partial charge is 0.410 e. The Labute approximate surface area is 80.1 Å². The van der Waals surface area contributed by atoms with Crippen LogP contribution in [0.3, 0.4) is 0 Å². The van der Waals surface area contributed by atoms with Crippen LogP contribution >= 0.6 is 0 Å². The van der Waals surface area contributed by atoms with Crippen molar-refractivity contribution in [3.8, 4) is 6.07 Å². The van der Waals surface area contributed by atoms with Gasteiger partial charge in [-0.2, -0.15) is 5.26 Å². The normalized spacial score (nSPS) is 9.64. The minimum absolute atomic E-state index is 0.245. The number of aromatic nitrogens is 3. The van der Waals surface area contributed by atoms with Gasteiger partial charge in [0.1, 0.15) is 0 Å². The van der Waals surface area contributed by atoms with E-state index in [4.69, 9.17) is 5.26 Å². The van der Waals surface area contributed by atoms with Crippen LogP contribution in [0.25, 0.3) is 0 Å². The monoisotopic (exact) mass is 195 g/mol. The van der Waals surface area contributed by atoms with E-state index >= 15 is 0 Å². The van der Waals surface area contributed by atoms with Crippen molar-refractivity contribution < 1.29 is 4.92 Å². The molecule has 1 aromatic heterocycles. The van der Waals surface area contributed by atoms with E-state index in [0.29, 0.717) is 13.0 Å². The van der Waals surface area contributed by atoms with Crippen LogP contribution in [0.1, 0.15) is 19.3 Å². The van der Waals surface area contributed by atoms with Crippen LogP contribution in [0.15, 0.2) is 6.20 Å². The molecule has 0 aromatic carbocycles. The van der Waals surface area contributed by atoms with Gasteiger partial charge in [-0.25, -0.2) is 0 Å². The first-order valence-corrected chi connectivity index (χ1v) is 4.15. The zero-order valence-electron chi connectivity index (χ0n) is 7.46. The number of rotatable bonds is 5. The zero-order valence-corrected chi connectivity index (χ0v) is 7.46. The fourth-order valence-corrected chi connectivity index (χ4v) is 0.937. The minimum atomic E-state index is -0.585. The standard InChI is InChI=1S/C7H9N5O2/c8-4-2-1-3-5-11-9-6-7(10-11)12(13)14/h6H,1-3,5H2. The third-order valence-corrected chi connectivity index (χ3v) is 1.61. The van der Waals surface area contributed by atoms with Gasteiger partial charge in [-0.1, -0.05) is 4.80 Å². The van der Waals surface area contributed by atoms with Crippen LogP contribution in [0.5, 0.6) is 0 Å². The van der Waals surface area contributed by atoms with Gasteiger partial charge in [0.2, 0.25) is 0 Å². The second kappa shape index (κ2) is 4.91. The summed E-state index contributed by atoms with van der Waals surface area (Å²) in [4.78, 5) is 10.9. The molecule has 0 spiro atoms. The Morgan fingerprint density at radius 3 is 3.00 bits per heavy atom. The van der Waals surface area contributed by atoms with Crippen molar-refractivity contribution in [1.29, 1.82) is 5.26 Å². The predicted octanol–water partition coefficient (Wildman–Crippen LogP) is 0.880. The lowest BCUT2D eigenvalue weighted by Crippen LogP contribution is -2.02. The van der Waals surface area contributed by atoms with Gasteiger partial charge in [0.15, 0.2) is 6.20 Å². The molecule has 0 aliphatic carbocycles. The average molecular weight is 195 g/mol. The molecular weight excluding hydrogens is 186 g/mol. The first-order valence-electron chi connectivity index (χ1n) is 4.15. The molecule has 0 saturated heterocycles. The van der Waals surface area contributed by atoms with E-state index in [2.05, 4.69) is 10.2 Å². The molecule has 0 radical (unpaired) electrons. The molecule has 14 heavy (non-hydrogen) atoms. The summed E-state index contributed by atoms with van der Waals surface area (Å²) in [7, 11) is 0. The molecule has 0 aliphatic heterocycles. The van der Waals surface area contributed by atoms with Gasteiger partial charge in [-0.3, -0.25) is 0 Å². The Morgan fingerprint density at radius 1 is 1.64 bits per heavy atom. The van der Waals surface area contributed by atoms with Gasteiger partial charge < -0.3 is 10.1 Å². The van der Waals surface area contributed by atoms with E-state index in [9.17, 15) is 10.1 Å². The summed E-state index contributed by atoms with van der Waals surface area (Å²) in [6, 6.07) is 2.02. The Bertz CT molecular complexity index is 353. The summed E-state index contributed by atoms with van der Waals surface area (Å²) >= 11 is 0. The number of nitrogens with zero attached hydrogens (tertiary/aromatic N) is 5. The fourth-order valence-electron chi connectivity index (χ4n) is 0.937. The highest BCUT2D eigenvalue weighted by Gasteiger charge is 2.11. The number of nitro groups is 1. The Kier molecular flexibility index (Phi) is 3.55. The molecule has 7 heteroatoms. The first kappa shape index (κ1) is 10.1. The van der Waals surface area contributed by atoms with Gasteiger partial charge in [0, 0.05) is 6.42 Å². The molecule has 0 saturated carbocycles. The SMILES string of the molecule is N#CCCCCn1ncc([N+](=O)[O-])n1. The molecule has 0 atom stereocenters. The molecule has 74 valence electrons. The maximum atomic E-state index is 10.2. The minimum Gasteiger partial charge on any atom is -0.358 e. The highest BCUT2D eigenvalue weighted by molar-refractivity contribution is 5.07. The van der Waals surface area contributed by atoms with Gasteiger partial charge in [-0.15, -0.1) is 5.10 Å². The summed E-state index contributed by atoms with van der Waals surface area (Å²) in [5.41, 5.74) is 0. The van der Waals surface area contributed by atoms with Crippen molar-refractivity contribution >= 4 is 5.82 Å². The van der Waals surface area contributed by atoms with E-state index in [0.717, 1.165) is 19.0 Å². The topological polar surface area (TPSA) is 97.6 Å². The van der Waals surface area contributed by atoms with Crippen molar-refractivity contribution in [2.45, 2.75) is 25.8 Å². The van der Waals surface area contributed by atoms with E-state index in [-0.39, 0.29) is 5.82 Å². The third-order valence-electron chi connectivity index (χ3n) is 1.61. The summed E-state index contributed by atoms with van der Waals surface area (Å²) in [6.07, 6.45) is 3.11. The van der Waals surface area contributed by atoms with Crippen molar-refractivity contribution in [3.63, 3.8) is 0 Å². The fraction of sp³-hybridized carbons (Fsp3) is 0.571. The molecule has 0 amide bonds. The smallest absolute Gasteiger partial charge is 0.358 e. The summed E-state index contributed by atoms with van der Waals surface area (Å²) < 4.78 is 0. The second-order valence-electron chi connectivity index (χ2n) is 2.67. The van der Waals surface area contributed by atoms with E-state index in [1.54, 1.807) is 0 Å². The number of aryl methyl sites for hydroxylation is 1. The highest BCUT2D eigenvalue weighted by atomic mass is 16.6. The molecule has 0 N–H and O–H groups in total. The maximum absolute atomic E-state index is 10.2. The molecule has 1 heterocycles. The average Bonchev–Trinajstić information content (AvgIpc) is 2.61. The first-order chi connectivity index (χ1) is 6.74. The second-order valence-corrected chi connectivity index (χ2v) is 2.67. The lowest BCUT2D eigenvalue weighted by molar-refractivity contribution is -0.389. The highest BCUT2D eigenvalue weighted by Crippen LogP contribution is 2.03. The van der Waals surface area contributed by atoms with Crippen molar-refractivity contribution in [2.75, 3.05) is 0 Å². The summed E-state index contributed by atoms with van der Waals surface area (Å²) in [5, 5.41) is 25.8. The van der Waals surface area contributed by atoms with E-state index in [1.165, 1.54) is 4.80 Å². The van der Waals surface area contributed by atoms with Crippen LogP contribution in [-0.2, 0) is 6.54 Å². The Hall–Kier alpha value is -1.97. The lowest BCUT2D eigenvalue weighted by Gasteiger charge is -1.91. The lowest BCUT2D eigenvalue weighted by atomic mass is 10.2. The van der Waals surface area contributed by atoms with Crippen molar-refractivity contribution in [3.05, 3.63) is 16.3 Å². The number of nitriles is 1. The van der Waals surface area contributed by atoms with Crippen LogP contribution in [0.2, 0.25) is 0 Å². The maximum Gasteiger partial charge on any atom is 0.410 e. The van der Waals surface area contributed by atoms with Crippen LogP contribution in [-0.4, -0.2) is 19.9 Å². The molecule has 0 bridgehead atoms. The number of unbranched alkanes of at least 4 members (excludes halogenated alkanes) is 2. The Morgan fingerprint density at radius 2 is 2.43 bits per heavy atom. The van der Waals surface area contributed by atoms with E-state index < -0.39 is 4.92 Å². The quantitative estimate of drug-likeness (QED) is 0.394. The van der Waals surface area contributed by atoms with Crippen LogP contribution in [0, 0.1) is 21.4 Å². The third kappa shape index (κ3) is 2.82. The van der Waals surface area contributed by atoms with Crippen molar-refractivity contribution in [2.24, 2.45) is 0 Å². The predicted molar refractivity (Wildman–Crippen MR) is 46.1 cm³/mol. The summed E-state index contributed by atoms with van der Waals surface area (Å²) in [5.74, 6) is -0.245. The molecule has 0 aliphatic rings. The van der Waals surface area contributed by atoms with Crippen LogP contribution < -0.4 is 0 Å². The van der Waals surface area contributed by atoms with E-state index in [1.807, 2.05) is 6.07 Å². The number of hydrogen-bond acceptors (Lipinski definition) is 5. The van der Waals surface area contributed by atoms with Gasteiger partial charge in [0.05, 0.1) is 17.7 Å². The molecule has 0 unspecified atom stereocenters. The molecule has 7 nitrogen and oxygen atoms in total. The number of hydrogen-bond donors (Lipinski definition) is 0. The van der Waals surface area contributed by atoms with Gasteiger partial charge in [-0.05, 0) is 17.8 Å². The van der Waals surface area contributed by atoms with Gasteiger partial charge >= 0.3 is 5.82 Å². The van der Waals surface area contributed by atoms with Crippen molar-refractivity contribution in [1.82, 2.24) is 15.0 Å².